The van der Waals surface area contributed by atoms with E-state index >= 15 is 0 Å². The third-order valence-electron chi connectivity index (χ3n) is 2.27. The Kier molecular flexibility index (Phi) is 2.82. The molecule has 0 aliphatic rings. The molecule has 0 aromatic carbocycles. The van der Waals surface area contributed by atoms with E-state index in [4.69, 9.17) is 0 Å². The topological polar surface area (TPSA) is 51.6 Å². The first kappa shape index (κ1) is 10.7. The molecule has 3 rings (SSSR count). The molecule has 84 valence electrons. The number of rotatable bonds is 2. The fourth-order valence-electron chi connectivity index (χ4n) is 1.47. The van der Waals surface area contributed by atoms with Crippen LogP contribution in [0.25, 0.3) is 11.2 Å². The van der Waals surface area contributed by atoms with Crippen LogP contribution >= 0.6 is 27.3 Å². The number of thiophene rings is 1. The molecule has 1 unspecified atom stereocenters. The Morgan fingerprint density at radius 3 is 2.88 bits per heavy atom. The van der Waals surface area contributed by atoms with Gasteiger partial charge in [-0.05, 0) is 11.4 Å². The Labute approximate surface area is 110 Å². The molecular weight excluding hydrogens is 300 g/mol. The first-order valence-corrected chi connectivity index (χ1v) is 6.75. The van der Waals surface area contributed by atoms with Gasteiger partial charge in [-0.2, -0.15) is 0 Å². The van der Waals surface area contributed by atoms with Crippen molar-refractivity contribution in [3.05, 3.63) is 46.8 Å². The van der Waals surface area contributed by atoms with Crippen LogP contribution < -0.4 is 0 Å². The second-order valence-corrected chi connectivity index (χ2v) is 5.27. The summed E-state index contributed by atoms with van der Waals surface area (Å²) >= 11 is 5.26. The number of alkyl halides is 1. The van der Waals surface area contributed by atoms with Crippen molar-refractivity contribution in [2.75, 3.05) is 0 Å². The summed E-state index contributed by atoms with van der Waals surface area (Å²) < 4.78 is 0. The van der Waals surface area contributed by atoms with Gasteiger partial charge in [0.25, 0.3) is 0 Å². The quantitative estimate of drug-likeness (QED) is 0.683. The lowest BCUT2D eigenvalue weighted by molar-refractivity contribution is 0.982. The molecular formula is C11H7BrN4S. The van der Waals surface area contributed by atoms with Crippen molar-refractivity contribution >= 4 is 38.4 Å². The van der Waals surface area contributed by atoms with Crippen LogP contribution in [-0.2, 0) is 0 Å². The summed E-state index contributed by atoms with van der Waals surface area (Å²) in [6.45, 7) is 0. The van der Waals surface area contributed by atoms with Crippen LogP contribution in [0.1, 0.15) is 15.5 Å². The van der Waals surface area contributed by atoms with E-state index in [2.05, 4.69) is 35.9 Å². The Morgan fingerprint density at radius 1 is 1.18 bits per heavy atom. The van der Waals surface area contributed by atoms with E-state index in [1.165, 1.54) is 4.88 Å². The molecule has 0 saturated heterocycles. The van der Waals surface area contributed by atoms with Crippen LogP contribution in [0.3, 0.4) is 0 Å². The van der Waals surface area contributed by atoms with E-state index in [0.29, 0.717) is 17.0 Å². The Bertz CT molecular complexity index is 641. The van der Waals surface area contributed by atoms with E-state index in [1.807, 2.05) is 17.5 Å². The zero-order chi connectivity index (χ0) is 11.7. The van der Waals surface area contributed by atoms with Crippen molar-refractivity contribution in [1.29, 1.82) is 0 Å². The van der Waals surface area contributed by atoms with Crippen LogP contribution in [-0.4, -0.2) is 19.9 Å². The van der Waals surface area contributed by atoms with E-state index in [-0.39, 0.29) is 4.83 Å². The number of hydrogen-bond donors (Lipinski definition) is 0. The Hall–Kier alpha value is -1.40. The maximum absolute atomic E-state index is 4.41. The third-order valence-corrected chi connectivity index (χ3v) is 4.41. The van der Waals surface area contributed by atoms with Gasteiger partial charge in [-0.15, -0.1) is 11.3 Å². The maximum Gasteiger partial charge on any atom is 0.181 e. The molecule has 3 aromatic heterocycles. The van der Waals surface area contributed by atoms with Crippen LogP contribution in [0.5, 0.6) is 0 Å². The maximum atomic E-state index is 4.41. The van der Waals surface area contributed by atoms with Crippen LogP contribution in [0.2, 0.25) is 0 Å². The molecule has 3 heterocycles. The number of fused-ring (bicyclic) bond motifs is 1. The van der Waals surface area contributed by atoms with E-state index in [0.717, 1.165) is 0 Å². The SMILES string of the molecule is BrC(c1ncc2nccnc2n1)c1cccs1. The molecule has 0 aliphatic heterocycles. The summed E-state index contributed by atoms with van der Waals surface area (Å²) in [5.41, 5.74) is 1.33. The number of nitrogens with zero attached hydrogens (tertiary/aromatic N) is 4. The smallest absolute Gasteiger partial charge is 0.181 e. The molecule has 4 nitrogen and oxygen atoms in total. The Balaban J connectivity index is 2.06. The fourth-order valence-corrected chi connectivity index (χ4v) is 2.86. The standard InChI is InChI=1S/C11H7BrN4S/c12-9(8-2-1-5-17-8)11-15-6-7-10(16-11)14-4-3-13-7/h1-6,9H. The molecule has 0 radical (unpaired) electrons. The number of hydrogen-bond acceptors (Lipinski definition) is 5. The average molecular weight is 307 g/mol. The monoisotopic (exact) mass is 306 g/mol. The second kappa shape index (κ2) is 4.46. The highest BCUT2D eigenvalue weighted by Crippen LogP contribution is 2.31. The molecule has 0 spiro atoms. The summed E-state index contributed by atoms with van der Waals surface area (Å²) in [6.07, 6.45) is 4.97. The fraction of sp³-hybridized carbons (Fsp3) is 0.0909. The lowest BCUT2D eigenvalue weighted by Gasteiger charge is -2.05. The lowest BCUT2D eigenvalue weighted by atomic mass is 10.3. The van der Waals surface area contributed by atoms with E-state index in [9.17, 15) is 0 Å². The molecule has 0 fully saturated rings. The molecule has 17 heavy (non-hydrogen) atoms. The van der Waals surface area contributed by atoms with Gasteiger partial charge in [0, 0.05) is 17.3 Å². The summed E-state index contributed by atoms with van der Waals surface area (Å²) in [7, 11) is 0. The van der Waals surface area contributed by atoms with Gasteiger partial charge in [0.1, 0.15) is 16.2 Å². The molecule has 0 N–H and O–H groups in total. The zero-order valence-electron chi connectivity index (χ0n) is 8.62. The second-order valence-electron chi connectivity index (χ2n) is 3.37. The average Bonchev–Trinajstić information content (AvgIpc) is 2.91. The van der Waals surface area contributed by atoms with Gasteiger partial charge in [-0.25, -0.2) is 19.9 Å². The predicted octanol–water partition coefficient (Wildman–Crippen LogP) is 2.97. The van der Waals surface area contributed by atoms with Crippen LogP contribution in [0.4, 0.5) is 0 Å². The van der Waals surface area contributed by atoms with Crippen LogP contribution in [0.15, 0.2) is 36.1 Å². The van der Waals surface area contributed by atoms with Crippen molar-refractivity contribution in [2.45, 2.75) is 4.83 Å². The lowest BCUT2D eigenvalue weighted by Crippen LogP contribution is -2.00. The predicted molar refractivity (Wildman–Crippen MR) is 70.2 cm³/mol. The number of halogens is 1. The zero-order valence-corrected chi connectivity index (χ0v) is 11.0. The molecule has 0 saturated carbocycles. The Morgan fingerprint density at radius 2 is 2.06 bits per heavy atom. The van der Waals surface area contributed by atoms with Gasteiger partial charge in [-0.3, -0.25) is 0 Å². The number of aromatic nitrogens is 4. The summed E-state index contributed by atoms with van der Waals surface area (Å²) in [6, 6.07) is 4.06. The molecule has 1 atom stereocenters. The van der Waals surface area contributed by atoms with Crippen molar-refractivity contribution in [3.8, 4) is 0 Å². The first-order chi connectivity index (χ1) is 8.34. The van der Waals surface area contributed by atoms with Gasteiger partial charge in [0.2, 0.25) is 0 Å². The molecule has 6 heteroatoms. The van der Waals surface area contributed by atoms with Crippen molar-refractivity contribution in [2.24, 2.45) is 0 Å². The van der Waals surface area contributed by atoms with Crippen LogP contribution in [0, 0.1) is 0 Å². The molecule has 0 amide bonds. The van der Waals surface area contributed by atoms with E-state index < -0.39 is 0 Å². The van der Waals surface area contributed by atoms with Crippen molar-refractivity contribution in [3.63, 3.8) is 0 Å². The van der Waals surface area contributed by atoms with Crippen molar-refractivity contribution in [1.82, 2.24) is 19.9 Å². The normalized spacial score (nSPS) is 12.8. The highest BCUT2D eigenvalue weighted by atomic mass is 79.9. The summed E-state index contributed by atoms with van der Waals surface area (Å²) in [4.78, 5) is 18.2. The minimum Gasteiger partial charge on any atom is -0.250 e. The van der Waals surface area contributed by atoms with Gasteiger partial charge in [-0.1, -0.05) is 22.0 Å². The minimum absolute atomic E-state index is 0.00825. The minimum atomic E-state index is 0.00825. The van der Waals surface area contributed by atoms with Crippen molar-refractivity contribution < 1.29 is 0 Å². The highest BCUT2D eigenvalue weighted by Gasteiger charge is 2.15. The van der Waals surface area contributed by atoms with Gasteiger partial charge in [0.15, 0.2) is 5.65 Å². The largest absolute Gasteiger partial charge is 0.250 e. The molecule has 3 aromatic rings. The summed E-state index contributed by atoms with van der Waals surface area (Å²) in [5, 5.41) is 2.03. The summed E-state index contributed by atoms with van der Waals surface area (Å²) in [5.74, 6) is 0.709. The molecule has 0 aliphatic carbocycles. The highest BCUT2D eigenvalue weighted by molar-refractivity contribution is 9.09. The van der Waals surface area contributed by atoms with Gasteiger partial charge < -0.3 is 0 Å². The first-order valence-electron chi connectivity index (χ1n) is 4.96. The molecule has 0 bridgehead atoms. The third kappa shape index (κ3) is 2.05. The van der Waals surface area contributed by atoms with Gasteiger partial charge >= 0.3 is 0 Å². The van der Waals surface area contributed by atoms with E-state index in [1.54, 1.807) is 29.9 Å². The van der Waals surface area contributed by atoms with Gasteiger partial charge in [0.05, 0.1) is 6.20 Å².